The van der Waals surface area contributed by atoms with Crippen LogP contribution in [0.1, 0.15) is 31.9 Å². The molecule has 0 saturated heterocycles. The first kappa shape index (κ1) is 31.3. The van der Waals surface area contributed by atoms with Crippen LogP contribution in [0, 0.1) is 6.92 Å². The summed E-state index contributed by atoms with van der Waals surface area (Å²) in [7, 11) is -4.16. The molecule has 0 aliphatic carbocycles. The summed E-state index contributed by atoms with van der Waals surface area (Å²) >= 11 is 0. The smallest absolute Gasteiger partial charge is 0.264 e. The Morgan fingerprint density at radius 3 is 1.91 bits per heavy atom. The fourth-order valence-corrected chi connectivity index (χ4v) is 5.85. The van der Waals surface area contributed by atoms with Crippen LogP contribution in [0.4, 0.5) is 5.69 Å². The van der Waals surface area contributed by atoms with Gasteiger partial charge in [0, 0.05) is 12.6 Å². The number of ether oxygens (including phenoxy) is 1. The predicted molar refractivity (Wildman–Crippen MR) is 168 cm³/mol. The summed E-state index contributed by atoms with van der Waals surface area (Å²) in [5.41, 5.74) is 2.01. The fraction of sp³-hybridized carbons (Fsp3) is 0.235. The molecule has 0 aliphatic rings. The average Bonchev–Trinajstić information content (AvgIpc) is 2.99. The number of nitrogens with one attached hydrogen (secondary N) is 1. The SMILES string of the molecule is Cc1ccc(S(=O)(=O)N(CC(=O)N(Cc2ccccc2)[C@@H](C)C(=O)NC(C)C)c2ccc(Oc3ccccc3)cc2)cc1. The molecule has 224 valence electrons. The molecular weight excluding hydrogens is 562 g/mol. The summed E-state index contributed by atoms with van der Waals surface area (Å²) in [6.45, 7) is 6.82. The predicted octanol–water partition coefficient (Wildman–Crippen LogP) is 5.92. The van der Waals surface area contributed by atoms with Crippen molar-refractivity contribution in [2.75, 3.05) is 10.8 Å². The number of anilines is 1. The highest BCUT2D eigenvalue weighted by atomic mass is 32.2. The Balaban J connectivity index is 1.69. The number of benzene rings is 4. The van der Waals surface area contributed by atoms with Crippen molar-refractivity contribution >= 4 is 27.5 Å². The number of sulfonamides is 1. The summed E-state index contributed by atoms with van der Waals surface area (Å²) in [6.07, 6.45) is 0. The quantitative estimate of drug-likeness (QED) is 0.218. The Morgan fingerprint density at radius 1 is 0.767 bits per heavy atom. The minimum Gasteiger partial charge on any atom is -0.457 e. The van der Waals surface area contributed by atoms with Gasteiger partial charge in [0.25, 0.3) is 10.0 Å². The Kier molecular flexibility index (Phi) is 10.2. The molecule has 0 heterocycles. The lowest BCUT2D eigenvalue weighted by atomic mass is 10.1. The highest BCUT2D eigenvalue weighted by molar-refractivity contribution is 7.92. The second kappa shape index (κ2) is 14.0. The van der Waals surface area contributed by atoms with Crippen molar-refractivity contribution in [3.05, 3.63) is 120 Å². The lowest BCUT2D eigenvalue weighted by Crippen LogP contribution is -2.52. The van der Waals surface area contributed by atoms with Crippen molar-refractivity contribution in [1.29, 1.82) is 0 Å². The molecule has 0 aromatic heterocycles. The van der Waals surface area contributed by atoms with Gasteiger partial charge in [-0.05, 0) is 81.8 Å². The first-order chi connectivity index (χ1) is 20.5. The van der Waals surface area contributed by atoms with Crippen LogP contribution in [0.3, 0.4) is 0 Å². The van der Waals surface area contributed by atoms with Crippen LogP contribution in [0.5, 0.6) is 11.5 Å². The van der Waals surface area contributed by atoms with E-state index in [2.05, 4.69) is 5.32 Å². The largest absolute Gasteiger partial charge is 0.457 e. The van der Waals surface area contributed by atoms with Gasteiger partial charge in [0.15, 0.2) is 0 Å². The summed E-state index contributed by atoms with van der Waals surface area (Å²) in [5.74, 6) is 0.309. The molecule has 4 aromatic rings. The Labute approximate surface area is 254 Å². The number of aryl methyl sites for hydroxylation is 1. The van der Waals surface area contributed by atoms with Crippen LogP contribution in [-0.2, 0) is 26.2 Å². The molecule has 1 N–H and O–H groups in total. The molecule has 0 radical (unpaired) electrons. The number of rotatable bonds is 12. The van der Waals surface area contributed by atoms with Crippen molar-refractivity contribution in [3.63, 3.8) is 0 Å². The molecule has 8 nitrogen and oxygen atoms in total. The maximum atomic E-state index is 14.0. The summed E-state index contributed by atoms with van der Waals surface area (Å²) in [5, 5.41) is 2.86. The molecule has 0 unspecified atom stereocenters. The Morgan fingerprint density at radius 2 is 1.33 bits per heavy atom. The molecular formula is C34H37N3O5S. The molecule has 0 spiro atoms. The number of carbonyl (C=O) groups excluding carboxylic acids is 2. The molecule has 43 heavy (non-hydrogen) atoms. The van der Waals surface area contributed by atoms with Gasteiger partial charge in [0.05, 0.1) is 10.6 Å². The van der Waals surface area contributed by atoms with Gasteiger partial charge in [-0.1, -0.05) is 66.2 Å². The zero-order chi connectivity index (χ0) is 31.0. The maximum Gasteiger partial charge on any atom is 0.264 e. The second-order valence-corrected chi connectivity index (χ2v) is 12.4. The third-order valence-electron chi connectivity index (χ3n) is 6.79. The maximum absolute atomic E-state index is 14.0. The van der Waals surface area contributed by atoms with Gasteiger partial charge < -0.3 is 15.0 Å². The zero-order valence-electron chi connectivity index (χ0n) is 24.8. The van der Waals surface area contributed by atoms with E-state index in [0.29, 0.717) is 11.5 Å². The van der Waals surface area contributed by atoms with E-state index in [-0.39, 0.29) is 29.1 Å². The van der Waals surface area contributed by atoms with Crippen LogP contribution in [0.15, 0.2) is 114 Å². The summed E-state index contributed by atoms with van der Waals surface area (Å²) in [6, 6.07) is 30.5. The van der Waals surface area contributed by atoms with Crippen LogP contribution in [0.2, 0.25) is 0 Å². The second-order valence-electron chi connectivity index (χ2n) is 10.6. The van der Waals surface area contributed by atoms with Crippen molar-refractivity contribution in [3.8, 4) is 11.5 Å². The third kappa shape index (κ3) is 8.23. The van der Waals surface area contributed by atoms with Crippen molar-refractivity contribution in [2.45, 2.75) is 51.2 Å². The molecule has 0 aliphatic heterocycles. The summed E-state index contributed by atoms with van der Waals surface area (Å²) in [4.78, 5) is 28.5. The van der Waals surface area contributed by atoms with Crippen LogP contribution in [0.25, 0.3) is 0 Å². The molecule has 9 heteroatoms. The van der Waals surface area contributed by atoms with Gasteiger partial charge in [-0.2, -0.15) is 0 Å². The average molecular weight is 600 g/mol. The number of hydrogen-bond acceptors (Lipinski definition) is 5. The van der Waals surface area contributed by atoms with E-state index in [9.17, 15) is 18.0 Å². The van der Waals surface area contributed by atoms with Crippen LogP contribution < -0.4 is 14.4 Å². The minimum absolute atomic E-state index is 0.0516. The van der Waals surface area contributed by atoms with Gasteiger partial charge in [-0.15, -0.1) is 0 Å². The topological polar surface area (TPSA) is 96.0 Å². The van der Waals surface area contributed by atoms with Gasteiger partial charge in [0.1, 0.15) is 24.1 Å². The summed E-state index contributed by atoms with van der Waals surface area (Å²) < 4.78 is 35.0. The standard InChI is InChI=1S/C34H37N3O5S/c1-25(2)35-34(39)27(4)36(23-28-11-7-5-8-12-28)33(38)24-37(43(40,41)32-21-15-26(3)16-22-32)29-17-19-31(20-18-29)42-30-13-9-6-10-14-30/h5-22,25,27H,23-24H2,1-4H3,(H,35,39)/t27-/m0/s1. The lowest BCUT2D eigenvalue weighted by molar-refractivity contribution is -0.139. The van der Waals surface area contributed by atoms with Gasteiger partial charge >= 0.3 is 0 Å². The highest BCUT2D eigenvalue weighted by Crippen LogP contribution is 2.28. The molecule has 0 bridgehead atoms. The van der Waals surface area contributed by atoms with E-state index < -0.39 is 28.5 Å². The van der Waals surface area contributed by atoms with E-state index in [1.807, 2.05) is 81.4 Å². The van der Waals surface area contributed by atoms with E-state index in [0.717, 1.165) is 15.4 Å². The number of nitrogens with zero attached hydrogens (tertiary/aromatic N) is 2. The first-order valence-electron chi connectivity index (χ1n) is 14.1. The molecule has 4 aromatic carbocycles. The van der Waals surface area contributed by atoms with Crippen LogP contribution >= 0.6 is 0 Å². The molecule has 2 amide bonds. The number of hydrogen-bond donors (Lipinski definition) is 1. The highest BCUT2D eigenvalue weighted by Gasteiger charge is 2.32. The van der Waals surface area contributed by atoms with Gasteiger partial charge in [-0.25, -0.2) is 8.42 Å². The normalized spacial score (nSPS) is 11.9. The fourth-order valence-electron chi connectivity index (χ4n) is 4.44. The van der Waals surface area contributed by atoms with Gasteiger partial charge in [-0.3, -0.25) is 13.9 Å². The minimum atomic E-state index is -4.16. The number of para-hydroxylation sites is 1. The monoisotopic (exact) mass is 599 g/mol. The first-order valence-corrected chi connectivity index (χ1v) is 15.5. The van der Waals surface area contributed by atoms with Crippen molar-refractivity contribution < 1.29 is 22.7 Å². The van der Waals surface area contributed by atoms with E-state index in [4.69, 9.17) is 4.74 Å². The molecule has 0 fully saturated rings. The van der Waals surface area contributed by atoms with Crippen molar-refractivity contribution in [2.24, 2.45) is 0 Å². The Bertz CT molecular complexity index is 1610. The van der Waals surface area contributed by atoms with E-state index >= 15 is 0 Å². The van der Waals surface area contributed by atoms with Crippen LogP contribution in [-0.4, -0.2) is 43.8 Å². The van der Waals surface area contributed by atoms with E-state index in [1.54, 1.807) is 43.3 Å². The van der Waals surface area contributed by atoms with Crippen molar-refractivity contribution in [1.82, 2.24) is 10.2 Å². The zero-order valence-corrected chi connectivity index (χ0v) is 25.6. The lowest BCUT2D eigenvalue weighted by Gasteiger charge is -2.32. The third-order valence-corrected chi connectivity index (χ3v) is 8.57. The van der Waals surface area contributed by atoms with Gasteiger partial charge in [0.2, 0.25) is 11.8 Å². The molecule has 4 rings (SSSR count). The molecule has 0 saturated carbocycles. The Hall–Kier alpha value is -4.63. The molecule has 1 atom stereocenters. The number of carbonyl (C=O) groups is 2. The number of amides is 2. The van der Waals surface area contributed by atoms with E-state index in [1.165, 1.54) is 17.0 Å².